The monoisotopic (exact) mass is 286 g/mol. The van der Waals surface area contributed by atoms with Gasteiger partial charge in [0.2, 0.25) is 0 Å². The summed E-state index contributed by atoms with van der Waals surface area (Å²) in [7, 11) is 0. The van der Waals surface area contributed by atoms with Gasteiger partial charge in [-0.25, -0.2) is 4.98 Å². The van der Waals surface area contributed by atoms with Gasteiger partial charge in [-0.1, -0.05) is 13.8 Å². The van der Waals surface area contributed by atoms with E-state index in [1.807, 2.05) is 19.9 Å². The molecule has 1 aromatic rings. The van der Waals surface area contributed by atoms with Gasteiger partial charge in [0.1, 0.15) is 5.69 Å². The number of hydrogen-bond donors (Lipinski definition) is 1. The van der Waals surface area contributed by atoms with E-state index in [0.29, 0.717) is 13.1 Å². The van der Waals surface area contributed by atoms with Crippen molar-refractivity contribution in [2.45, 2.75) is 26.4 Å². The fourth-order valence-electron chi connectivity index (χ4n) is 1.82. The Bertz CT molecular complexity index is 491. The van der Waals surface area contributed by atoms with Gasteiger partial charge in [-0.3, -0.25) is 0 Å². The second-order valence-electron chi connectivity index (χ2n) is 4.87. The van der Waals surface area contributed by atoms with Gasteiger partial charge in [0.25, 0.3) is 0 Å². The lowest BCUT2D eigenvalue weighted by Crippen LogP contribution is -2.29. The number of rotatable bonds is 5. The van der Waals surface area contributed by atoms with E-state index in [9.17, 15) is 13.2 Å². The van der Waals surface area contributed by atoms with Crippen molar-refractivity contribution in [1.82, 2.24) is 4.98 Å². The van der Waals surface area contributed by atoms with Crippen molar-refractivity contribution in [3.05, 3.63) is 18.0 Å². The van der Waals surface area contributed by atoms with Crippen LogP contribution < -0.4 is 10.6 Å². The molecule has 0 aliphatic carbocycles. The third kappa shape index (κ3) is 4.30. The van der Waals surface area contributed by atoms with E-state index in [1.165, 1.54) is 0 Å². The Kier molecular flexibility index (Phi) is 5.19. The fourth-order valence-corrected chi connectivity index (χ4v) is 1.82. The lowest BCUT2D eigenvalue weighted by atomic mass is 10.1. The molecule has 7 heteroatoms. The summed E-state index contributed by atoms with van der Waals surface area (Å²) in [6.45, 7) is 4.75. The molecule has 0 unspecified atom stereocenters. The Labute approximate surface area is 116 Å². The molecule has 4 nitrogen and oxygen atoms in total. The maximum atomic E-state index is 12.7. The Balaban J connectivity index is 3.14. The number of pyridine rings is 1. The van der Waals surface area contributed by atoms with Crippen LogP contribution in [-0.2, 0) is 6.18 Å². The maximum absolute atomic E-state index is 12.7. The highest BCUT2D eigenvalue weighted by Gasteiger charge is 2.33. The molecule has 0 bridgehead atoms. The number of hydrogen-bond acceptors (Lipinski definition) is 4. The SMILES string of the molecule is CC(C)CN(CCC#N)c1cc(C(F)(F)F)ncc1N. The van der Waals surface area contributed by atoms with E-state index in [1.54, 1.807) is 4.90 Å². The fraction of sp³-hybridized carbons (Fsp3) is 0.538. The van der Waals surface area contributed by atoms with Gasteiger partial charge in [0.05, 0.1) is 30.1 Å². The van der Waals surface area contributed by atoms with Crippen molar-refractivity contribution in [2.24, 2.45) is 5.92 Å². The van der Waals surface area contributed by atoms with Crippen molar-refractivity contribution in [3.8, 4) is 6.07 Å². The van der Waals surface area contributed by atoms with Crippen LogP contribution in [0.1, 0.15) is 26.0 Å². The largest absolute Gasteiger partial charge is 0.433 e. The number of nitrogen functional groups attached to an aromatic ring is 1. The first-order valence-corrected chi connectivity index (χ1v) is 6.20. The Morgan fingerprint density at radius 1 is 1.45 bits per heavy atom. The van der Waals surface area contributed by atoms with Crippen LogP contribution in [0, 0.1) is 17.2 Å². The van der Waals surface area contributed by atoms with Crippen molar-refractivity contribution >= 4 is 11.4 Å². The second kappa shape index (κ2) is 6.46. The van der Waals surface area contributed by atoms with Crippen molar-refractivity contribution in [3.63, 3.8) is 0 Å². The molecule has 1 rings (SSSR count). The topological polar surface area (TPSA) is 65.9 Å². The number of alkyl halides is 3. The second-order valence-corrected chi connectivity index (χ2v) is 4.87. The molecule has 0 aliphatic rings. The molecule has 0 spiro atoms. The molecule has 0 radical (unpaired) electrons. The highest BCUT2D eigenvalue weighted by molar-refractivity contribution is 5.67. The van der Waals surface area contributed by atoms with Crippen LogP contribution in [0.15, 0.2) is 12.3 Å². The van der Waals surface area contributed by atoms with E-state index in [2.05, 4.69) is 4.98 Å². The number of nitrogens with zero attached hydrogens (tertiary/aromatic N) is 3. The number of nitrogens with two attached hydrogens (primary N) is 1. The first-order chi connectivity index (χ1) is 9.25. The minimum Gasteiger partial charge on any atom is -0.396 e. The highest BCUT2D eigenvalue weighted by atomic mass is 19.4. The third-order valence-corrected chi connectivity index (χ3v) is 2.62. The standard InChI is InChI=1S/C13H17F3N4/c1-9(2)8-20(5-3-4-17)11-6-12(13(14,15)16)19-7-10(11)18/h6-7,9H,3,5,8,18H2,1-2H3. The van der Waals surface area contributed by atoms with E-state index in [4.69, 9.17) is 11.0 Å². The molecule has 1 aromatic heterocycles. The van der Waals surface area contributed by atoms with Crippen LogP contribution in [0.4, 0.5) is 24.5 Å². The molecule has 0 aliphatic heterocycles. The van der Waals surface area contributed by atoms with Crippen LogP contribution in [0.25, 0.3) is 0 Å². The van der Waals surface area contributed by atoms with E-state index < -0.39 is 11.9 Å². The highest BCUT2D eigenvalue weighted by Crippen LogP contribution is 2.33. The van der Waals surface area contributed by atoms with Crippen molar-refractivity contribution in [2.75, 3.05) is 23.7 Å². The molecule has 0 saturated carbocycles. The predicted molar refractivity (Wildman–Crippen MR) is 70.9 cm³/mol. The molecule has 0 atom stereocenters. The maximum Gasteiger partial charge on any atom is 0.433 e. The number of halogens is 3. The Hall–Kier alpha value is -1.97. The third-order valence-electron chi connectivity index (χ3n) is 2.62. The molecule has 0 aromatic carbocycles. The van der Waals surface area contributed by atoms with Gasteiger partial charge in [-0.05, 0) is 12.0 Å². The summed E-state index contributed by atoms with van der Waals surface area (Å²) in [4.78, 5) is 5.00. The van der Waals surface area contributed by atoms with Gasteiger partial charge in [-0.2, -0.15) is 18.4 Å². The summed E-state index contributed by atoms with van der Waals surface area (Å²) in [5.74, 6) is 0.232. The number of aromatic nitrogens is 1. The predicted octanol–water partition coefficient (Wildman–Crippen LogP) is 3.06. The van der Waals surface area contributed by atoms with Gasteiger partial charge < -0.3 is 10.6 Å². The summed E-state index contributed by atoms with van der Waals surface area (Å²) in [6, 6.07) is 2.92. The smallest absolute Gasteiger partial charge is 0.396 e. The molecular formula is C13H17F3N4. The number of anilines is 2. The van der Waals surface area contributed by atoms with E-state index in [-0.39, 0.29) is 23.7 Å². The summed E-state index contributed by atoms with van der Waals surface area (Å²) in [5.41, 5.74) is 5.20. The van der Waals surface area contributed by atoms with Crippen LogP contribution in [0.3, 0.4) is 0 Å². The van der Waals surface area contributed by atoms with Gasteiger partial charge >= 0.3 is 6.18 Å². The summed E-state index contributed by atoms with van der Waals surface area (Å²) >= 11 is 0. The van der Waals surface area contributed by atoms with Crippen LogP contribution in [0.2, 0.25) is 0 Å². The molecule has 20 heavy (non-hydrogen) atoms. The Morgan fingerprint density at radius 3 is 2.60 bits per heavy atom. The average Bonchev–Trinajstić information content (AvgIpc) is 2.33. The zero-order chi connectivity index (χ0) is 15.3. The first kappa shape index (κ1) is 16.1. The van der Waals surface area contributed by atoms with Crippen LogP contribution in [-0.4, -0.2) is 18.1 Å². The molecular weight excluding hydrogens is 269 g/mol. The van der Waals surface area contributed by atoms with Crippen molar-refractivity contribution in [1.29, 1.82) is 5.26 Å². The average molecular weight is 286 g/mol. The minimum atomic E-state index is -4.51. The molecule has 2 N–H and O–H groups in total. The normalized spacial score (nSPS) is 11.4. The Morgan fingerprint density at radius 2 is 2.10 bits per heavy atom. The summed E-state index contributed by atoms with van der Waals surface area (Å²) in [5, 5.41) is 8.65. The molecule has 0 fully saturated rings. The minimum absolute atomic E-state index is 0.177. The van der Waals surface area contributed by atoms with Gasteiger partial charge in [-0.15, -0.1) is 0 Å². The molecule has 0 amide bonds. The zero-order valence-corrected chi connectivity index (χ0v) is 11.4. The summed E-state index contributed by atoms with van der Waals surface area (Å²) in [6.07, 6.45) is -3.28. The molecule has 1 heterocycles. The zero-order valence-electron chi connectivity index (χ0n) is 11.4. The van der Waals surface area contributed by atoms with Crippen molar-refractivity contribution < 1.29 is 13.2 Å². The van der Waals surface area contributed by atoms with Crippen LogP contribution in [0.5, 0.6) is 0 Å². The van der Waals surface area contributed by atoms with E-state index >= 15 is 0 Å². The molecule has 110 valence electrons. The van der Waals surface area contributed by atoms with E-state index in [0.717, 1.165) is 12.3 Å². The summed E-state index contributed by atoms with van der Waals surface area (Å²) < 4.78 is 38.1. The molecule has 0 saturated heterocycles. The van der Waals surface area contributed by atoms with Crippen LogP contribution >= 0.6 is 0 Å². The lowest BCUT2D eigenvalue weighted by molar-refractivity contribution is -0.141. The van der Waals surface area contributed by atoms with Gasteiger partial charge in [0, 0.05) is 13.1 Å². The quantitative estimate of drug-likeness (QED) is 0.903. The first-order valence-electron chi connectivity index (χ1n) is 6.20. The number of nitriles is 1. The lowest BCUT2D eigenvalue weighted by Gasteiger charge is -2.27. The van der Waals surface area contributed by atoms with Gasteiger partial charge in [0.15, 0.2) is 0 Å².